The molecule has 0 saturated heterocycles. The van der Waals surface area contributed by atoms with E-state index in [0.29, 0.717) is 0 Å². The summed E-state index contributed by atoms with van der Waals surface area (Å²) in [7, 11) is -4.67. The molecule has 0 aromatic carbocycles. The Hall–Kier alpha value is 0.669. The summed E-state index contributed by atoms with van der Waals surface area (Å²) in [5.41, 5.74) is 0. The van der Waals surface area contributed by atoms with Crippen LogP contribution >= 0.6 is 0 Å². The van der Waals surface area contributed by atoms with E-state index in [4.69, 9.17) is 17.5 Å². The molecule has 0 bridgehead atoms. The Balaban J connectivity index is 0. The largest absolute Gasteiger partial charge is 0.394 e. The summed E-state index contributed by atoms with van der Waals surface area (Å²) in [5, 5.41) is 0. The molecule has 0 atom stereocenters. The van der Waals surface area contributed by atoms with E-state index in [9.17, 15) is 0 Å². The molecule has 2 N–H and O–H groups in total. The van der Waals surface area contributed by atoms with E-state index in [2.05, 4.69) is 20.8 Å². The molecular weight excluding hydrogens is 359 g/mol. The third kappa shape index (κ3) is 25.5. The van der Waals surface area contributed by atoms with Crippen LogP contribution in [0.25, 0.3) is 0 Å². The van der Waals surface area contributed by atoms with Gasteiger partial charge in [-0.05, 0) is 0 Å². The molecule has 0 saturated carbocycles. The van der Waals surface area contributed by atoms with Crippen molar-refractivity contribution in [2.45, 2.75) is 72.6 Å². The van der Waals surface area contributed by atoms with E-state index in [-0.39, 0.29) is 0 Å². The number of hydrogen-bond acceptors (Lipinski definition) is 2. The van der Waals surface area contributed by atoms with Crippen molar-refractivity contribution >= 4 is 30.2 Å². The van der Waals surface area contributed by atoms with Crippen LogP contribution in [0.4, 0.5) is 0 Å². The zero-order chi connectivity index (χ0) is 14.4. The average Bonchev–Trinajstić information content (AvgIpc) is 2.26. The van der Waals surface area contributed by atoms with Crippen molar-refractivity contribution in [2.24, 2.45) is 0 Å². The summed E-state index contributed by atoms with van der Waals surface area (Å²) in [4.78, 5) is 0. The maximum atomic E-state index is 8.74. The van der Waals surface area contributed by atoms with Gasteiger partial charge in [-0.1, -0.05) is 0 Å². The molecule has 4 nitrogen and oxygen atoms in total. The minimum Gasteiger partial charge on any atom is -0.264 e. The standard InChI is InChI=1S/3C4H9.H2O4S.Sn/c3*1-3-4-2;1-5(2,3)4;/h3*1,3-4H2,2H3;(H2,1,2,3,4);. The van der Waals surface area contributed by atoms with Gasteiger partial charge in [-0.3, -0.25) is 9.11 Å². The quantitative estimate of drug-likeness (QED) is 0.458. The van der Waals surface area contributed by atoms with Gasteiger partial charge in [0, 0.05) is 0 Å². The van der Waals surface area contributed by atoms with Gasteiger partial charge in [-0.15, -0.1) is 0 Å². The van der Waals surface area contributed by atoms with Gasteiger partial charge in [0.05, 0.1) is 0 Å². The van der Waals surface area contributed by atoms with Crippen LogP contribution in [0.5, 0.6) is 0 Å². The first-order chi connectivity index (χ1) is 8.35. The zero-order valence-corrected chi connectivity index (χ0v) is 15.7. The SMILES string of the molecule is CCC[CH2][Sn]([CH2]CCC)[CH2]CCC.O=S(=O)(O)O. The van der Waals surface area contributed by atoms with Gasteiger partial charge in [-0.2, -0.15) is 8.42 Å². The fourth-order valence-electron chi connectivity index (χ4n) is 1.66. The Morgan fingerprint density at radius 2 is 1.00 bits per heavy atom. The fourth-order valence-corrected chi connectivity index (χ4v) is 11.1. The smallest absolute Gasteiger partial charge is 0.264 e. The normalized spacial score (nSPS) is 11.2. The summed E-state index contributed by atoms with van der Waals surface area (Å²) >= 11 is -0.839. The number of hydrogen-bond donors (Lipinski definition) is 2. The molecule has 111 valence electrons. The third-order valence-corrected chi connectivity index (χ3v) is 11.7. The molecule has 0 heterocycles. The first-order valence-corrected chi connectivity index (χ1v) is 14.3. The third-order valence-electron chi connectivity index (χ3n) is 2.65. The summed E-state index contributed by atoms with van der Waals surface area (Å²) in [5.74, 6) is 0. The van der Waals surface area contributed by atoms with Crippen molar-refractivity contribution in [3.05, 3.63) is 0 Å². The molecule has 6 heteroatoms. The number of unbranched alkanes of at least 4 members (excludes halogenated alkanes) is 3. The molecule has 0 amide bonds. The molecule has 0 aromatic heterocycles. The molecule has 0 aliphatic carbocycles. The van der Waals surface area contributed by atoms with Gasteiger partial charge < -0.3 is 0 Å². The summed E-state index contributed by atoms with van der Waals surface area (Å²) in [6.07, 6.45) is 8.85. The van der Waals surface area contributed by atoms with Crippen molar-refractivity contribution < 1.29 is 17.5 Å². The van der Waals surface area contributed by atoms with Crippen LogP contribution in [0.15, 0.2) is 0 Å². The van der Waals surface area contributed by atoms with Crippen molar-refractivity contribution in [1.29, 1.82) is 0 Å². The maximum absolute atomic E-state index is 8.74. The maximum Gasteiger partial charge on any atom is 0.394 e. The van der Waals surface area contributed by atoms with Crippen molar-refractivity contribution in [1.82, 2.24) is 0 Å². The number of rotatable bonds is 9. The van der Waals surface area contributed by atoms with Gasteiger partial charge >= 0.3 is 103 Å². The van der Waals surface area contributed by atoms with Crippen LogP contribution in [-0.2, 0) is 10.4 Å². The zero-order valence-electron chi connectivity index (χ0n) is 12.0. The molecule has 0 aliphatic rings. The van der Waals surface area contributed by atoms with Crippen molar-refractivity contribution in [2.75, 3.05) is 0 Å². The van der Waals surface area contributed by atoms with Crippen molar-refractivity contribution in [3.63, 3.8) is 0 Å². The monoisotopic (exact) mass is 389 g/mol. The molecule has 0 fully saturated rings. The van der Waals surface area contributed by atoms with Crippen LogP contribution in [-0.4, -0.2) is 37.3 Å². The van der Waals surface area contributed by atoms with Gasteiger partial charge in [0.1, 0.15) is 0 Å². The van der Waals surface area contributed by atoms with Gasteiger partial charge in [0.15, 0.2) is 0 Å². The second kappa shape index (κ2) is 14.1. The second-order valence-corrected chi connectivity index (χ2v) is 14.0. The second-order valence-electron chi connectivity index (χ2n) is 4.51. The summed E-state index contributed by atoms with van der Waals surface area (Å²) in [6, 6.07) is 0. The summed E-state index contributed by atoms with van der Waals surface area (Å²) in [6.45, 7) is 7.00. The van der Waals surface area contributed by atoms with E-state index in [0.717, 1.165) is 0 Å². The molecule has 1 radical (unpaired) electrons. The van der Waals surface area contributed by atoms with Gasteiger partial charge in [0.2, 0.25) is 0 Å². The van der Waals surface area contributed by atoms with Crippen molar-refractivity contribution in [3.8, 4) is 0 Å². The molecule has 0 aliphatic heterocycles. The molecule has 0 spiro atoms. The molecule has 0 aromatic rings. The first-order valence-electron chi connectivity index (χ1n) is 6.88. The molecule has 18 heavy (non-hydrogen) atoms. The topological polar surface area (TPSA) is 74.6 Å². The molecular formula is C12H29O4SSn. The Morgan fingerprint density at radius 1 is 0.778 bits per heavy atom. The first kappa shape index (κ1) is 21.0. The van der Waals surface area contributed by atoms with Crippen LogP contribution in [0.1, 0.15) is 59.3 Å². The van der Waals surface area contributed by atoms with E-state index < -0.39 is 30.2 Å². The Morgan fingerprint density at radius 3 is 1.17 bits per heavy atom. The van der Waals surface area contributed by atoms with Gasteiger partial charge in [-0.25, -0.2) is 0 Å². The Kier molecular flexibility index (Phi) is 16.4. The minimum atomic E-state index is -4.67. The van der Waals surface area contributed by atoms with E-state index in [1.54, 1.807) is 13.3 Å². The van der Waals surface area contributed by atoms with Crippen LogP contribution in [0.3, 0.4) is 0 Å². The predicted octanol–water partition coefficient (Wildman–Crippen LogP) is 4.23. The Bertz CT molecular complexity index is 228. The van der Waals surface area contributed by atoms with Crippen LogP contribution < -0.4 is 0 Å². The van der Waals surface area contributed by atoms with Crippen LogP contribution in [0, 0.1) is 0 Å². The molecule has 0 rings (SSSR count). The van der Waals surface area contributed by atoms with E-state index >= 15 is 0 Å². The molecule has 0 unspecified atom stereocenters. The average molecular weight is 388 g/mol. The Labute approximate surface area is 120 Å². The van der Waals surface area contributed by atoms with E-state index in [1.165, 1.54) is 38.5 Å². The van der Waals surface area contributed by atoms with Gasteiger partial charge in [0.25, 0.3) is 0 Å². The fraction of sp³-hybridized carbons (Fsp3) is 1.00. The minimum absolute atomic E-state index is 0.839. The van der Waals surface area contributed by atoms with Crippen LogP contribution in [0.2, 0.25) is 13.3 Å². The predicted molar refractivity (Wildman–Crippen MR) is 79.1 cm³/mol. The summed E-state index contributed by atoms with van der Waals surface area (Å²) < 4.78 is 36.6. The van der Waals surface area contributed by atoms with E-state index in [1.807, 2.05) is 0 Å².